The summed E-state index contributed by atoms with van der Waals surface area (Å²) in [6.07, 6.45) is 5.84. The van der Waals surface area contributed by atoms with Gasteiger partial charge in [-0.1, -0.05) is 6.07 Å². The largest absolute Gasteiger partial charge is 0.493 e. The van der Waals surface area contributed by atoms with Gasteiger partial charge >= 0.3 is 0 Å². The zero-order chi connectivity index (χ0) is 13.5. The smallest absolute Gasteiger partial charge is 0.130 e. The monoisotopic (exact) mass is 262 g/mol. The Hall–Kier alpha value is -2.17. The van der Waals surface area contributed by atoms with Crippen LogP contribution in [-0.4, -0.2) is 22.9 Å². The standard InChI is InChI=1S/C14H15FN2O2/c15-14-8-13(4-3-11(14)5-6-18)19-7-1-2-12-9-16-10-17-12/h3-4,6,8-10H,1-2,5,7H2,(H,16,17). The van der Waals surface area contributed by atoms with Crippen LogP contribution in [0.5, 0.6) is 5.75 Å². The lowest BCUT2D eigenvalue weighted by Crippen LogP contribution is -2.01. The molecule has 0 bridgehead atoms. The summed E-state index contributed by atoms with van der Waals surface area (Å²) in [5.74, 6) is 0.0786. The summed E-state index contributed by atoms with van der Waals surface area (Å²) in [4.78, 5) is 17.3. The number of carbonyl (C=O) groups excluding carboxylic acids is 1. The first-order valence-corrected chi connectivity index (χ1v) is 6.11. The summed E-state index contributed by atoms with van der Waals surface area (Å²) in [5.41, 5.74) is 1.44. The predicted molar refractivity (Wildman–Crippen MR) is 68.6 cm³/mol. The SMILES string of the molecule is O=CCc1ccc(OCCCc2cnc[nH]2)cc1F. The van der Waals surface area contributed by atoms with Crippen molar-refractivity contribution in [3.8, 4) is 5.75 Å². The number of aromatic nitrogens is 2. The highest BCUT2D eigenvalue weighted by Gasteiger charge is 2.04. The maximum atomic E-state index is 13.5. The summed E-state index contributed by atoms with van der Waals surface area (Å²) >= 11 is 0. The summed E-state index contributed by atoms with van der Waals surface area (Å²) in [7, 11) is 0. The van der Waals surface area contributed by atoms with Gasteiger partial charge in [-0.2, -0.15) is 0 Å². The third-order valence-corrected chi connectivity index (χ3v) is 2.74. The Morgan fingerprint density at radius 3 is 3.00 bits per heavy atom. The van der Waals surface area contributed by atoms with E-state index in [0.29, 0.717) is 24.2 Å². The van der Waals surface area contributed by atoms with Crippen molar-refractivity contribution in [2.75, 3.05) is 6.61 Å². The number of aryl methyl sites for hydroxylation is 1. The lowest BCUT2D eigenvalue weighted by atomic mass is 10.1. The zero-order valence-corrected chi connectivity index (χ0v) is 10.4. The fourth-order valence-electron chi connectivity index (χ4n) is 1.75. The normalized spacial score (nSPS) is 10.4. The number of aromatic amines is 1. The minimum absolute atomic E-state index is 0.0892. The third kappa shape index (κ3) is 3.91. The summed E-state index contributed by atoms with van der Waals surface area (Å²) in [6.45, 7) is 0.505. The number of H-pyrrole nitrogens is 1. The van der Waals surface area contributed by atoms with Gasteiger partial charge in [0.15, 0.2) is 0 Å². The van der Waals surface area contributed by atoms with Gasteiger partial charge in [0.2, 0.25) is 0 Å². The number of aldehydes is 1. The molecule has 1 N–H and O–H groups in total. The van der Waals surface area contributed by atoms with Gasteiger partial charge in [-0.05, 0) is 24.5 Å². The fourth-order valence-corrected chi connectivity index (χ4v) is 1.75. The zero-order valence-electron chi connectivity index (χ0n) is 10.4. The van der Waals surface area contributed by atoms with Crippen molar-refractivity contribution in [3.63, 3.8) is 0 Å². The molecule has 1 aromatic carbocycles. The number of halogens is 1. The molecule has 0 unspecified atom stereocenters. The number of rotatable bonds is 7. The average Bonchev–Trinajstić information content (AvgIpc) is 2.91. The number of carbonyl (C=O) groups is 1. The van der Waals surface area contributed by atoms with E-state index < -0.39 is 5.82 Å². The van der Waals surface area contributed by atoms with Crippen LogP contribution in [0.15, 0.2) is 30.7 Å². The van der Waals surface area contributed by atoms with E-state index in [-0.39, 0.29) is 6.42 Å². The molecule has 19 heavy (non-hydrogen) atoms. The van der Waals surface area contributed by atoms with Crippen LogP contribution in [0.1, 0.15) is 17.7 Å². The Balaban J connectivity index is 1.79. The van der Waals surface area contributed by atoms with E-state index in [0.717, 1.165) is 18.5 Å². The molecule has 0 fully saturated rings. The first-order chi connectivity index (χ1) is 9.29. The lowest BCUT2D eigenvalue weighted by molar-refractivity contribution is -0.107. The Labute approximate surface area is 110 Å². The molecule has 0 aliphatic carbocycles. The molecule has 100 valence electrons. The topological polar surface area (TPSA) is 55.0 Å². The molecule has 2 rings (SSSR count). The van der Waals surface area contributed by atoms with E-state index in [1.165, 1.54) is 6.07 Å². The van der Waals surface area contributed by atoms with Crippen molar-refractivity contribution in [2.45, 2.75) is 19.3 Å². The Morgan fingerprint density at radius 1 is 1.42 bits per heavy atom. The van der Waals surface area contributed by atoms with E-state index in [2.05, 4.69) is 9.97 Å². The van der Waals surface area contributed by atoms with Crippen molar-refractivity contribution in [1.82, 2.24) is 9.97 Å². The molecule has 0 aliphatic heterocycles. The molecule has 5 heteroatoms. The van der Waals surface area contributed by atoms with Gasteiger partial charge in [-0.25, -0.2) is 9.37 Å². The Morgan fingerprint density at radius 2 is 2.32 bits per heavy atom. The van der Waals surface area contributed by atoms with E-state index in [9.17, 15) is 9.18 Å². The predicted octanol–water partition coefficient (Wildman–Crippen LogP) is 2.30. The summed E-state index contributed by atoms with van der Waals surface area (Å²) in [5, 5.41) is 0. The second-order valence-electron chi connectivity index (χ2n) is 4.15. The minimum Gasteiger partial charge on any atom is -0.493 e. The van der Waals surface area contributed by atoms with Gasteiger partial charge in [0, 0.05) is 24.4 Å². The molecule has 0 atom stereocenters. The maximum absolute atomic E-state index is 13.5. The van der Waals surface area contributed by atoms with Crippen LogP contribution in [0.25, 0.3) is 0 Å². The third-order valence-electron chi connectivity index (χ3n) is 2.74. The van der Waals surface area contributed by atoms with Gasteiger partial charge < -0.3 is 14.5 Å². The molecule has 4 nitrogen and oxygen atoms in total. The highest BCUT2D eigenvalue weighted by molar-refractivity contribution is 5.55. The quantitative estimate of drug-likeness (QED) is 0.615. The molecule has 1 aromatic heterocycles. The number of nitrogens with one attached hydrogen (secondary N) is 1. The number of ether oxygens (including phenoxy) is 1. The highest BCUT2D eigenvalue weighted by atomic mass is 19.1. The van der Waals surface area contributed by atoms with Crippen molar-refractivity contribution >= 4 is 6.29 Å². The lowest BCUT2D eigenvalue weighted by Gasteiger charge is -2.07. The molecule has 0 radical (unpaired) electrons. The van der Waals surface area contributed by atoms with E-state index >= 15 is 0 Å². The fraction of sp³-hybridized carbons (Fsp3) is 0.286. The highest BCUT2D eigenvalue weighted by Crippen LogP contribution is 2.17. The van der Waals surface area contributed by atoms with Gasteiger partial charge in [-0.15, -0.1) is 0 Å². The number of benzene rings is 1. The summed E-state index contributed by atoms with van der Waals surface area (Å²) < 4.78 is 19.0. The molecule has 0 aliphatic rings. The second kappa shape index (κ2) is 6.68. The van der Waals surface area contributed by atoms with Crippen LogP contribution in [0.3, 0.4) is 0 Å². The van der Waals surface area contributed by atoms with Crippen LogP contribution in [0.2, 0.25) is 0 Å². The number of hydrogen-bond acceptors (Lipinski definition) is 3. The van der Waals surface area contributed by atoms with Crippen LogP contribution >= 0.6 is 0 Å². The molecule has 1 heterocycles. The van der Waals surface area contributed by atoms with Crippen molar-refractivity contribution < 1.29 is 13.9 Å². The Bertz CT molecular complexity index is 526. The number of nitrogens with zero attached hydrogens (tertiary/aromatic N) is 1. The second-order valence-corrected chi connectivity index (χ2v) is 4.15. The van der Waals surface area contributed by atoms with Crippen LogP contribution < -0.4 is 4.74 Å². The maximum Gasteiger partial charge on any atom is 0.130 e. The first-order valence-electron chi connectivity index (χ1n) is 6.11. The van der Waals surface area contributed by atoms with Gasteiger partial charge in [0.1, 0.15) is 17.9 Å². The molecule has 0 saturated heterocycles. The summed E-state index contributed by atoms with van der Waals surface area (Å²) in [6, 6.07) is 4.57. The van der Waals surface area contributed by atoms with Crippen molar-refractivity contribution in [3.05, 3.63) is 47.8 Å². The molecule has 0 amide bonds. The molecule has 0 spiro atoms. The molecular formula is C14H15FN2O2. The molecule has 2 aromatic rings. The van der Waals surface area contributed by atoms with Crippen LogP contribution in [-0.2, 0) is 17.6 Å². The van der Waals surface area contributed by atoms with Gasteiger partial charge in [0.25, 0.3) is 0 Å². The van der Waals surface area contributed by atoms with Crippen LogP contribution in [0.4, 0.5) is 4.39 Å². The molecular weight excluding hydrogens is 247 g/mol. The first kappa shape index (κ1) is 13.3. The molecule has 0 saturated carbocycles. The number of hydrogen-bond donors (Lipinski definition) is 1. The number of imidazole rings is 1. The van der Waals surface area contributed by atoms with E-state index in [1.807, 2.05) is 0 Å². The van der Waals surface area contributed by atoms with Gasteiger partial charge in [0.05, 0.1) is 12.9 Å². The van der Waals surface area contributed by atoms with Crippen LogP contribution in [0, 0.1) is 5.82 Å². The van der Waals surface area contributed by atoms with Crippen molar-refractivity contribution in [1.29, 1.82) is 0 Å². The average molecular weight is 262 g/mol. The minimum atomic E-state index is -0.404. The van der Waals surface area contributed by atoms with Crippen molar-refractivity contribution in [2.24, 2.45) is 0 Å². The van der Waals surface area contributed by atoms with E-state index in [1.54, 1.807) is 24.7 Å². The Kier molecular flexibility index (Phi) is 4.66. The van der Waals surface area contributed by atoms with Gasteiger partial charge in [-0.3, -0.25) is 0 Å². The van der Waals surface area contributed by atoms with E-state index in [4.69, 9.17) is 4.74 Å².